The van der Waals surface area contributed by atoms with E-state index in [0.29, 0.717) is 6.42 Å². The summed E-state index contributed by atoms with van der Waals surface area (Å²) in [5.74, 6) is 0.272. The van der Waals surface area contributed by atoms with Gasteiger partial charge in [-0.05, 0) is 60.5 Å². The predicted molar refractivity (Wildman–Crippen MR) is 127 cm³/mol. The third-order valence-corrected chi connectivity index (χ3v) is 6.43. The van der Waals surface area contributed by atoms with Crippen LogP contribution in [0.4, 0.5) is 0 Å². The molecule has 0 atom stereocenters. The molecule has 0 radical (unpaired) electrons. The summed E-state index contributed by atoms with van der Waals surface area (Å²) in [5, 5.41) is 5.60. The van der Waals surface area contributed by atoms with Gasteiger partial charge in [0.2, 0.25) is 0 Å². The molecule has 0 spiro atoms. The largest absolute Gasteiger partial charge is 0.393 e. The Balaban J connectivity index is 1.95. The molecule has 0 aliphatic heterocycles. The van der Waals surface area contributed by atoms with E-state index in [1.807, 2.05) is 25.4 Å². The molecule has 1 aromatic heterocycles. The van der Waals surface area contributed by atoms with Crippen molar-refractivity contribution in [3.8, 4) is 0 Å². The maximum atomic E-state index is 12.4. The second kappa shape index (κ2) is 8.49. The molecular formula is C26H31N3O. The average molecular weight is 402 g/mol. The fourth-order valence-corrected chi connectivity index (χ4v) is 4.77. The van der Waals surface area contributed by atoms with Crippen molar-refractivity contribution in [1.82, 2.24) is 14.8 Å². The molecule has 0 saturated carbocycles. The van der Waals surface area contributed by atoms with Crippen LogP contribution in [-0.2, 0) is 13.0 Å². The highest BCUT2D eigenvalue weighted by Crippen LogP contribution is 2.38. The van der Waals surface area contributed by atoms with E-state index in [0.717, 1.165) is 49.3 Å². The summed E-state index contributed by atoms with van der Waals surface area (Å²) in [5.41, 5.74) is 6.80. The van der Waals surface area contributed by atoms with Crippen LogP contribution in [0.5, 0.6) is 0 Å². The van der Waals surface area contributed by atoms with Crippen molar-refractivity contribution in [3.63, 3.8) is 0 Å². The Labute approximate surface area is 178 Å². The number of ketones is 1. The molecule has 4 rings (SSSR count). The van der Waals surface area contributed by atoms with Crippen molar-refractivity contribution in [2.45, 2.75) is 33.2 Å². The van der Waals surface area contributed by atoms with Crippen molar-refractivity contribution in [3.05, 3.63) is 65.9 Å². The number of fused-ring (bicyclic) bond motifs is 5. The third-order valence-electron chi connectivity index (χ3n) is 6.43. The molecule has 4 heteroatoms. The Kier molecular flexibility index (Phi) is 5.78. The summed E-state index contributed by atoms with van der Waals surface area (Å²) < 4.78 is 2.44. The van der Waals surface area contributed by atoms with Gasteiger partial charge in [0, 0.05) is 60.1 Å². The molecule has 4 nitrogen and oxygen atoms in total. The standard InChI is InChI=1S/C26H31N3O/c1-5-18(17-27-4)19-8-11-23-22(16-19)26-21-10-13-25(30)20(21)9-12-24(26)29(23)15-14-28(6-2)7-3/h5,8-9,11-12,16-17,27H,1,6-7,10,13-15H2,2-4H3/b18-17+. The minimum Gasteiger partial charge on any atom is -0.393 e. The lowest BCUT2D eigenvalue weighted by atomic mass is 9.99. The van der Waals surface area contributed by atoms with Gasteiger partial charge in [0.15, 0.2) is 5.78 Å². The van der Waals surface area contributed by atoms with Gasteiger partial charge in [-0.1, -0.05) is 32.6 Å². The zero-order valence-electron chi connectivity index (χ0n) is 18.3. The number of nitrogens with zero attached hydrogens (tertiary/aromatic N) is 2. The van der Waals surface area contributed by atoms with Gasteiger partial charge in [-0.25, -0.2) is 0 Å². The van der Waals surface area contributed by atoms with Crippen LogP contribution in [0.3, 0.4) is 0 Å². The van der Waals surface area contributed by atoms with E-state index in [-0.39, 0.29) is 5.78 Å². The number of carbonyl (C=O) groups is 1. The quantitative estimate of drug-likeness (QED) is 0.539. The first-order valence-electron chi connectivity index (χ1n) is 11.0. The van der Waals surface area contributed by atoms with Gasteiger partial charge in [0.1, 0.15) is 0 Å². The second-order valence-electron chi connectivity index (χ2n) is 7.91. The number of aryl methyl sites for hydroxylation is 1. The lowest BCUT2D eigenvalue weighted by molar-refractivity contribution is 0.0994. The number of rotatable bonds is 8. The highest BCUT2D eigenvalue weighted by Gasteiger charge is 2.25. The monoisotopic (exact) mass is 401 g/mol. The van der Waals surface area contributed by atoms with Crippen LogP contribution in [0, 0.1) is 0 Å². The maximum Gasteiger partial charge on any atom is 0.163 e. The smallest absolute Gasteiger partial charge is 0.163 e. The van der Waals surface area contributed by atoms with Gasteiger partial charge in [-0.3, -0.25) is 4.79 Å². The van der Waals surface area contributed by atoms with E-state index in [1.54, 1.807) is 0 Å². The van der Waals surface area contributed by atoms with Crippen molar-refractivity contribution < 1.29 is 4.79 Å². The predicted octanol–water partition coefficient (Wildman–Crippen LogP) is 5.01. The van der Waals surface area contributed by atoms with Crippen LogP contribution in [0.2, 0.25) is 0 Å². The zero-order valence-corrected chi connectivity index (χ0v) is 18.3. The Hall–Kier alpha value is -2.85. The Morgan fingerprint density at radius 3 is 2.63 bits per heavy atom. The Morgan fingerprint density at radius 2 is 1.93 bits per heavy atom. The molecule has 1 aliphatic carbocycles. The molecule has 156 valence electrons. The Bertz CT molecular complexity index is 1150. The lowest BCUT2D eigenvalue weighted by Gasteiger charge is -2.19. The van der Waals surface area contributed by atoms with Gasteiger partial charge in [0.05, 0.1) is 0 Å². The maximum absolute atomic E-state index is 12.4. The van der Waals surface area contributed by atoms with Crippen molar-refractivity contribution >= 4 is 33.2 Å². The number of hydrogen-bond donors (Lipinski definition) is 1. The molecule has 0 fully saturated rings. The minimum atomic E-state index is 0.272. The first-order chi connectivity index (χ1) is 14.6. The van der Waals surface area contributed by atoms with Gasteiger partial charge in [-0.15, -0.1) is 0 Å². The molecule has 2 aromatic carbocycles. The van der Waals surface area contributed by atoms with Crippen LogP contribution >= 0.6 is 0 Å². The number of aromatic nitrogens is 1. The first-order valence-corrected chi connectivity index (χ1v) is 11.0. The fraction of sp³-hybridized carbons (Fsp3) is 0.346. The summed E-state index contributed by atoms with van der Waals surface area (Å²) in [4.78, 5) is 14.9. The van der Waals surface area contributed by atoms with Crippen molar-refractivity contribution in [1.29, 1.82) is 0 Å². The number of allylic oxidation sites excluding steroid dienone is 2. The highest BCUT2D eigenvalue weighted by atomic mass is 16.1. The van der Waals surface area contributed by atoms with Gasteiger partial charge in [0.25, 0.3) is 0 Å². The molecule has 0 bridgehead atoms. The molecular weight excluding hydrogens is 370 g/mol. The number of Topliss-reactive ketones (excluding diaryl/α,β-unsaturated/α-hetero) is 1. The van der Waals surface area contributed by atoms with E-state index in [2.05, 4.69) is 59.5 Å². The summed E-state index contributed by atoms with van der Waals surface area (Å²) in [6.07, 6.45) is 5.32. The summed E-state index contributed by atoms with van der Waals surface area (Å²) in [6, 6.07) is 10.8. The van der Waals surface area contributed by atoms with Crippen LogP contribution in [-0.4, -0.2) is 41.9 Å². The molecule has 3 aromatic rings. The van der Waals surface area contributed by atoms with E-state index >= 15 is 0 Å². The summed E-state index contributed by atoms with van der Waals surface area (Å²) in [6.45, 7) is 12.5. The van der Waals surface area contributed by atoms with Crippen LogP contribution < -0.4 is 5.32 Å². The Morgan fingerprint density at radius 1 is 1.17 bits per heavy atom. The molecule has 0 amide bonds. The topological polar surface area (TPSA) is 37.3 Å². The van der Waals surface area contributed by atoms with E-state index in [4.69, 9.17) is 0 Å². The zero-order chi connectivity index (χ0) is 21.3. The number of nitrogens with one attached hydrogen (secondary N) is 1. The number of hydrogen-bond acceptors (Lipinski definition) is 3. The molecule has 30 heavy (non-hydrogen) atoms. The normalized spacial score (nSPS) is 14.1. The second-order valence-corrected chi connectivity index (χ2v) is 7.91. The molecule has 1 N–H and O–H groups in total. The van der Waals surface area contributed by atoms with Crippen molar-refractivity contribution in [2.24, 2.45) is 0 Å². The van der Waals surface area contributed by atoms with E-state index in [1.165, 1.54) is 27.4 Å². The lowest BCUT2D eigenvalue weighted by Crippen LogP contribution is -2.26. The minimum absolute atomic E-state index is 0.272. The van der Waals surface area contributed by atoms with Gasteiger partial charge in [-0.2, -0.15) is 0 Å². The summed E-state index contributed by atoms with van der Waals surface area (Å²) >= 11 is 0. The van der Waals surface area contributed by atoms with Crippen LogP contribution in [0.25, 0.3) is 27.4 Å². The molecule has 1 aliphatic rings. The third kappa shape index (κ3) is 3.35. The molecule has 1 heterocycles. The van der Waals surface area contributed by atoms with Crippen molar-refractivity contribution in [2.75, 3.05) is 26.7 Å². The number of benzene rings is 2. The SMILES string of the molecule is C=C/C(=C\NC)c1ccc2c(c1)c1c3c(ccc1n2CCN(CC)CC)C(=O)CC3. The highest BCUT2D eigenvalue weighted by molar-refractivity contribution is 6.15. The van der Waals surface area contributed by atoms with Crippen LogP contribution in [0.15, 0.2) is 49.2 Å². The summed E-state index contributed by atoms with van der Waals surface area (Å²) in [7, 11) is 1.90. The average Bonchev–Trinajstić information content (AvgIpc) is 3.30. The fourth-order valence-electron chi connectivity index (χ4n) is 4.77. The van der Waals surface area contributed by atoms with E-state index in [9.17, 15) is 4.79 Å². The first kappa shape index (κ1) is 20.4. The van der Waals surface area contributed by atoms with Gasteiger partial charge >= 0.3 is 0 Å². The van der Waals surface area contributed by atoms with E-state index < -0.39 is 0 Å². The molecule has 0 unspecified atom stereocenters. The molecule has 0 saturated heterocycles. The number of carbonyl (C=O) groups excluding carboxylic acids is 1. The van der Waals surface area contributed by atoms with Crippen LogP contribution in [0.1, 0.15) is 41.8 Å². The number of likely N-dealkylation sites (N-methyl/N-ethyl adjacent to an activating group) is 1. The van der Waals surface area contributed by atoms with Gasteiger partial charge < -0.3 is 14.8 Å².